The summed E-state index contributed by atoms with van der Waals surface area (Å²) in [6.07, 6.45) is 1.63. The zero-order chi connectivity index (χ0) is 21.4. The Labute approximate surface area is 179 Å². The van der Waals surface area contributed by atoms with E-state index in [1.165, 1.54) is 17.7 Å². The Balaban J connectivity index is 1.41. The monoisotopic (exact) mass is 415 g/mol. The molecule has 2 amide bonds. The van der Waals surface area contributed by atoms with E-state index < -0.39 is 0 Å². The Kier molecular flexibility index (Phi) is 4.90. The number of hydrogen-bond acceptors (Lipinski definition) is 3. The maximum absolute atomic E-state index is 13.4. The highest BCUT2D eigenvalue weighted by atomic mass is 19.1. The molecule has 1 aliphatic heterocycles. The number of nitrogens with one attached hydrogen (secondary N) is 1. The summed E-state index contributed by atoms with van der Waals surface area (Å²) in [5.41, 5.74) is 5.33. The van der Waals surface area contributed by atoms with E-state index in [4.69, 9.17) is 9.40 Å². The number of halogens is 1. The van der Waals surface area contributed by atoms with Gasteiger partial charge in [-0.15, -0.1) is 0 Å². The number of benzene rings is 3. The third kappa shape index (κ3) is 3.77. The number of likely N-dealkylation sites (tertiary alicyclic amines) is 1. The topological polar surface area (TPSA) is 58.4 Å². The van der Waals surface area contributed by atoms with Crippen molar-refractivity contribution in [3.63, 3.8) is 0 Å². The number of fused-ring (bicyclic) bond motifs is 1. The van der Waals surface area contributed by atoms with Crippen molar-refractivity contribution >= 4 is 22.8 Å². The maximum atomic E-state index is 13.4. The first-order valence-corrected chi connectivity index (χ1v) is 10.4. The fraction of sp³-hybridized carbons (Fsp3) is 0.200. The second-order valence-electron chi connectivity index (χ2n) is 7.84. The predicted octanol–water partition coefficient (Wildman–Crippen LogP) is 6.31. The number of aromatic nitrogens is 1. The molecular formula is C25H22FN3O2. The molecule has 4 aromatic rings. The van der Waals surface area contributed by atoms with Crippen LogP contribution < -0.4 is 5.32 Å². The van der Waals surface area contributed by atoms with Gasteiger partial charge in [0.05, 0.1) is 0 Å². The summed E-state index contributed by atoms with van der Waals surface area (Å²) < 4.78 is 19.5. The number of anilines is 1. The minimum Gasteiger partial charge on any atom is -0.438 e. The van der Waals surface area contributed by atoms with E-state index in [1.807, 2.05) is 30.3 Å². The number of aryl methyl sites for hydroxylation is 1. The average Bonchev–Trinajstić information content (AvgIpc) is 3.40. The highest BCUT2D eigenvalue weighted by Gasteiger charge is 2.33. The maximum Gasteiger partial charge on any atom is 0.322 e. The van der Waals surface area contributed by atoms with Crippen LogP contribution in [0.5, 0.6) is 0 Å². The van der Waals surface area contributed by atoms with Crippen molar-refractivity contribution in [2.45, 2.75) is 25.8 Å². The molecule has 1 saturated heterocycles. The Morgan fingerprint density at radius 2 is 2.00 bits per heavy atom. The van der Waals surface area contributed by atoms with Gasteiger partial charge in [0, 0.05) is 12.2 Å². The summed E-state index contributed by atoms with van der Waals surface area (Å²) in [5.74, 6) is 0.142. The minimum absolute atomic E-state index is 0.247. The third-order valence-electron chi connectivity index (χ3n) is 5.73. The normalized spacial score (nSPS) is 16.1. The molecule has 6 heteroatoms. The van der Waals surface area contributed by atoms with Gasteiger partial charge in [-0.05, 0) is 66.8 Å². The molecule has 0 aliphatic carbocycles. The molecule has 1 unspecified atom stereocenters. The van der Waals surface area contributed by atoms with Crippen LogP contribution in [0.4, 0.5) is 14.9 Å². The summed E-state index contributed by atoms with van der Waals surface area (Å²) in [4.78, 5) is 19.2. The number of rotatable bonds is 3. The number of urea groups is 1. The van der Waals surface area contributed by atoms with Crippen LogP contribution in [0.1, 0.15) is 30.3 Å². The third-order valence-corrected chi connectivity index (χ3v) is 5.73. The Morgan fingerprint density at radius 1 is 1.13 bits per heavy atom. The summed E-state index contributed by atoms with van der Waals surface area (Å²) in [7, 11) is 0. The van der Waals surface area contributed by atoms with Crippen molar-refractivity contribution in [1.82, 2.24) is 9.88 Å². The zero-order valence-electron chi connectivity index (χ0n) is 17.1. The first kappa shape index (κ1) is 19.3. The molecule has 1 aromatic heterocycles. The molecule has 0 radical (unpaired) electrons. The van der Waals surface area contributed by atoms with E-state index in [1.54, 1.807) is 17.0 Å². The number of hydrogen-bond donors (Lipinski definition) is 1. The van der Waals surface area contributed by atoms with E-state index >= 15 is 0 Å². The fourth-order valence-corrected chi connectivity index (χ4v) is 4.18. The SMILES string of the molecule is Cc1ccccc1-c1ccc2oc(C3CCCN3C(=O)Nc3cccc(F)c3)nc2c1. The van der Waals surface area contributed by atoms with Crippen LogP contribution in [0.2, 0.25) is 0 Å². The lowest BCUT2D eigenvalue weighted by molar-refractivity contribution is 0.199. The van der Waals surface area contributed by atoms with Gasteiger partial charge in [-0.3, -0.25) is 0 Å². The van der Waals surface area contributed by atoms with E-state index in [-0.39, 0.29) is 17.9 Å². The summed E-state index contributed by atoms with van der Waals surface area (Å²) in [6.45, 7) is 2.68. The standard InChI is InChI=1S/C25H22FN3O2/c1-16-6-2-3-9-20(16)17-11-12-23-21(14-17)28-24(31-23)22-10-5-13-29(22)25(30)27-19-8-4-7-18(26)15-19/h2-4,6-9,11-12,14-15,22H,5,10,13H2,1H3,(H,27,30). The molecule has 5 nitrogen and oxygen atoms in total. The van der Waals surface area contributed by atoms with Crippen molar-refractivity contribution in [2.75, 3.05) is 11.9 Å². The summed E-state index contributed by atoms with van der Waals surface area (Å²) in [6, 6.07) is 19.6. The molecule has 156 valence electrons. The second-order valence-corrected chi connectivity index (χ2v) is 7.84. The van der Waals surface area contributed by atoms with Crippen molar-refractivity contribution in [1.29, 1.82) is 0 Å². The van der Waals surface area contributed by atoms with Gasteiger partial charge in [0.15, 0.2) is 5.58 Å². The molecule has 0 bridgehead atoms. The highest BCUT2D eigenvalue weighted by molar-refractivity contribution is 5.90. The molecule has 1 fully saturated rings. The largest absolute Gasteiger partial charge is 0.438 e. The van der Waals surface area contributed by atoms with E-state index in [2.05, 4.69) is 24.4 Å². The van der Waals surface area contributed by atoms with Crippen LogP contribution in [0, 0.1) is 12.7 Å². The smallest absolute Gasteiger partial charge is 0.322 e. The van der Waals surface area contributed by atoms with Gasteiger partial charge in [0.25, 0.3) is 0 Å². The quantitative estimate of drug-likeness (QED) is 0.426. The lowest BCUT2D eigenvalue weighted by atomic mass is 10.0. The first-order chi connectivity index (χ1) is 15.1. The molecule has 1 aliphatic rings. The van der Waals surface area contributed by atoms with Crippen molar-refractivity contribution in [2.24, 2.45) is 0 Å². The molecule has 1 atom stereocenters. The Bertz CT molecular complexity index is 1270. The van der Waals surface area contributed by atoms with Gasteiger partial charge < -0.3 is 14.6 Å². The van der Waals surface area contributed by atoms with Crippen molar-refractivity contribution in [3.05, 3.63) is 84.0 Å². The van der Waals surface area contributed by atoms with Gasteiger partial charge in [-0.25, -0.2) is 14.2 Å². The van der Waals surface area contributed by atoms with E-state index in [0.29, 0.717) is 23.7 Å². The highest BCUT2D eigenvalue weighted by Crippen LogP contribution is 2.35. The molecule has 2 heterocycles. The van der Waals surface area contributed by atoms with E-state index in [0.717, 1.165) is 29.5 Å². The number of amides is 2. The zero-order valence-corrected chi connectivity index (χ0v) is 17.1. The molecule has 0 saturated carbocycles. The average molecular weight is 415 g/mol. The predicted molar refractivity (Wildman–Crippen MR) is 118 cm³/mol. The van der Waals surface area contributed by atoms with Crippen LogP contribution in [-0.4, -0.2) is 22.5 Å². The fourth-order valence-electron chi connectivity index (χ4n) is 4.18. The van der Waals surface area contributed by atoms with Crippen molar-refractivity contribution < 1.29 is 13.6 Å². The van der Waals surface area contributed by atoms with Gasteiger partial charge in [0.2, 0.25) is 5.89 Å². The second kappa shape index (κ2) is 7.87. The first-order valence-electron chi connectivity index (χ1n) is 10.4. The summed E-state index contributed by atoms with van der Waals surface area (Å²) >= 11 is 0. The van der Waals surface area contributed by atoms with Crippen LogP contribution in [0.25, 0.3) is 22.2 Å². The Hall–Kier alpha value is -3.67. The molecule has 5 rings (SSSR count). The molecule has 31 heavy (non-hydrogen) atoms. The van der Waals surface area contributed by atoms with Gasteiger partial charge in [-0.1, -0.05) is 36.4 Å². The Morgan fingerprint density at radius 3 is 2.84 bits per heavy atom. The lowest BCUT2D eigenvalue weighted by Gasteiger charge is -2.22. The van der Waals surface area contributed by atoms with Crippen molar-refractivity contribution in [3.8, 4) is 11.1 Å². The summed E-state index contributed by atoms with van der Waals surface area (Å²) in [5, 5.41) is 2.77. The molecule has 3 aromatic carbocycles. The van der Waals surface area contributed by atoms with Crippen LogP contribution >= 0.6 is 0 Å². The van der Waals surface area contributed by atoms with Gasteiger partial charge >= 0.3 is 6.03 Å². The lowest BCUT2D eigenvalue weighted by Crippen LogP contribution is -2.34. The molecular weight excluding hydrogens is 393 g/mol. The van der Waals surface area contributed by atoms with Crippen LogP contribution in [0.3, 0.4) is 0 Å². The van der Waals surface area contributed by atoms with Crippen LogP contribution in [0.15, 0.2) is 71.1 Å². The molecule has 0 spiro atoms. The number of oxazole rings is 1. The van der Waals surface area contributed by atoms with Gasteiger partial charge in [0.1, 0.15) is 17.4 Å². The number of carbonyl (C=O) groups excluding carboxylic acids is 1. The molecule has 1 N–H and O–H groups in total. The number of nitrogens with zero attached hydrogens (tertiary/aromatic N) is 2. The van der Waals surface area contributed by atoms with Gasteiger partial charge in [-0.2, -0.15) is 0 Å². The minimum atomic E-state index is -0.390. The van der Waals surface area contributed by atoms with Crippen LogP contribution in [-0.2, 0) is 0 Å². The van der Waals surface area contributed by atoms with E-state index in [9.17, 15) is 9.18 Å². The number of carbonyl (C=O) groups is 1.